The Balaban J connectivity index is 1.70. The van der Waals surface area contributed by atoms with Gasteiger partial charge in [-0.25, -0.2) is 0 Å². The number of Topliss-reactive ketones (excluding diaryl/α,β-unsaturated/α-hetero) is 2. The van der Waals surface area contributed by atoms with E-state index in [1.165, 1.54) is 31.4 Å². The zero-order chi connectivity index (χ0) is 28.4. The highest BCUT2D eigenvalue weighted by atomic mass is 16.5. The summed E-state index contributed by atoms with van der Waals surface area (Å²) in [6.07, 6.45) is -1.17. The maximum absolute atomic E-state index is 13.9. The van der Waals surface area contributed by atoms with Gasteiger partial charge in [-0.1, -0.05) is 32.0 Å². The highest BCUT2D eigenvalue weighted by molar-refractivity contribution is 6.24. The Kier molecular flexibility index (Phi) is 5.89. The van der Waals surface area contributed by atoms with Crippen molar-refractivity contribution in [1.29, 1.82) is 0 Å². The third-order valence-corrected chi connectivity index (χ3v) is 7.74. The number of methoxy groups -OCH3 is 1. The van der Waals surface area contributed by atoms with Crippen LogP contribution in [0, 0.1) is 17.3 Å². The second kappa shape index (κ2) is 8.90. The van der Waals surface area contributed by atoms with Crippen molar-refractivity contribution in [2.75, 3.05) is 7.11 Å². The summed E-state index contributed by atoms with van der Waals surface area (Å²) in [6.45, 7) is 3.30. The van der Waals surface area contributed by atoms with E-state index in [1.54, 1.807) is 32.0 Å². The van der Waals surface area contributed by atoms with Crippen molar-refractivity contribution in [3.63, 3.8) is 0 Å². The minimum absolute atomic E-state index is 0.0296. The predicted octanol–water partition coefficient (Wildman–Crippen LogP) is 1.95. The minimum atomic E-state index is -1.53. The number of carbonyl (C=O) groups is 4. The second-order valence-corrected chi connectivity index (χ2v) is 10.3. The Morgan fingerprint density at radius 2 is 1.72 bits per heavy atom. The lowest BCUT2D eigenvalue weighted by atomic mass is 9.53. The van der Waals surface area contributed by atoms with Crippen molar-refractivity contribution in [2.24, 2.45) is 23.0 Å². The highest BCUT2D eigenvalue weighted by Crippen LogP contribution is 2.56. The summed E-state index contributed by atoms with van der Waals surface area (Å²) in [6, 6.07) is 9.23. The van der Waals surface area contributed by atoms with Gasteiger partial charge in [0.2, 0.25) is 0 Å². The first-order chi connectivity index (χ1) is 18.4. The van der Waals surface area contributed by atoms with Crippen LogP contribution in [0.25, 0.3) is 5.76 Å². The zero-order valence-corrected chi connectivity index (χ0v) is 21.2. The van der Waals surface area contributed by atoms with Gasteiger partial charge in [0, 0.05) is 29.0 Å². The van der Waals surface area contributed by atoms with E-state index in [0.717, 1.165) is 0 Å². The molecule has 5 rings (SSSR count). The topological polar surface area (TPSA) is 185 Å². The van der Waals surface area contributed by atoms with Crippen LogP contribution in [0.4, 0.5) is 0 Å². The standard InChI is InChI=1S/C28H26N2O9/c1-28(2)19-16(22(33)17-21(32)15-13(31)9-12(38-3)10-14(15)39-25(17)28)23(34)18(26(29)36)24(35)20(19)30-27(37)11-7-5-4-6-8-11/h4-10,16,19-20,25,31-32,34H,1-3H3,(H2,29,36)(H,30,37). The maximum atomic E-state index is 13.9. The molecule has 2 aliphatic carbocycles. The summed E-state index contributed by atoms with van der Waals surface area (Å²) >= 11 is 0. The Bertz CT molecular complexity index is 1510. The summed E-state index contributed by atoms with van der Waals surface area (Å²) in [5, 5.41) is 35.5. The molecular formula is C28H26N2O9. The van der Waals surface area contributed by atoms with Crippen LogP contribution in [0.1, 0.15) is 29.8 Å². The SMILES string of the molecule is COc1cc(O)c2c(c1)OC1C(=C2O)C(=O)C2C(O)=C(C(N)=O)C(=O)C(NC(=O)c3ccccc3)C2C1(C)C. The number of carbonyl (C=O) groups excluding carboxylic acids is 4. The number of aliphatic hydroxyl groups is 2. The normalized spacial score (nSPS) is 25.2. The molecular weight excluding hydrogens is 508 g/mol. The number of phenols is 1. The van der Waals surface area contributed by atoms with Gasteiger partial charge < -0.3 is 35.8 Å². The second-order valence-electron chi connectivity index (χ2n) is 10.3. The predicted molar refractivity (Wildman–Crippen MR) is 136 cm³/mol. The number of primary amides is 1. The first-order valence-electron chi connectivity index (χ1n) is 12.1. The average molecular weight is 535 g/mol. The summed E-state index contributed by atoms with van der Waals surface area (Å²) < 4.78 is 11.3. The molecule has 1 fully saturated rings. The van der Waals surface area contributed by atoms with Crippen LogP contribution in [-0.2, 0) is 14.4 Å². The number of phenolic OH excluding ortho intramolecular Hbond substituents is 1. The lowest BCUT2D eigenvalue weighted by Gasteiger charge is -2.53. The van der Waals surface area contributed by atoms with Crippen LogP contribution >= 0.6 is 0 Å². The number of benzene rings is 2. The quantitative estimate of drug-likeness (QED) is 0.366. The molecule has 1 saturated carbocycles. The van der Waals surface area contributed by atoms with Crippen molar-refractivity contribution < 1.29 is 44.0 Å². The highest BCUT2D eigenvalue weighted by Gasteiger charge is 2.63. The molecule has 11 heteroatoms. The van der Waals surface area contributed by atoms with Crippen molar-refractivity contribution >= 4 is 29.1 Å². The molecule has 3 aliphatic rings. The number of fused-ring (bicyclic) bond motifs is 3. The molecule has 202 valence electrons. The number of nitrogens with two attached hydrogens (primary N) is 1. The van der Waals surface area contributed by atoms with Crippen molar-refractivity contribution in [3.8, 4) is 17.2 Å². The van der Waals surface area contributed by atoms with Crippen molar-refractivity contribution in [1.82, 2.24) is 5.32 Å². The van der Waals surface area contributed by atoms with Gasteiger partial charge in [-0.05, 0) is 12.1 Å². The van der Waals surface area contributed by atoms with E-state index in [2.05, 4.69) is 5.32 Å². The average Bonchev–Trinajstić information content (AvgIpc) is 2.88. The van der Waals surface area contributed by atoms with E-state index < -0.39 is 75.6 Å². The molecule has 0 spiro atoms. The van der Waals surface area contributed by atoms with Crippen LogP contribution in [-0.4, -0.2) is 58.0 Å². The van der Waals surface area contributed by atoms with Gasteiger partial charge in [0.1, 0.15) is 46.0 Å². The molecule has 0 bridgehead atoms. The lowest BCUT2D eigenvalue weighted by molar-refractivity contribution is -0.138. The number of hydrogen-bond acceptors (Lipinski definition) is 9. The molecule has 6 N–H and O–H groups in total. The van der Waals surface area contributed by atoms with Gasteiger partial charge in [0.15, 0.2) is 11.6 Å². The number of ether oxygens (including phenoxy) is 2. The third-order valence-electron chi connectivity index (χ3n) is 7.74. The van der Waals surface area contributed by atoms with Crippen molar-refractivity contribution in [2.45, 2.75) is 26.0 Å². The van der Waals surface area contributed by atoms with E-state index in [1.807, 2.05) is 0 Å². The Hall–Kier alpha value is -4.80. The number of allylic oxidation sites excluding steroid dienone is 1. The van der Waals surface area contributed by atoms with Gasteiger partial charge >= 0.3 is 0 Å². The van der Waals surface area contributed by atoms with Crippen LogP contribution < -0.4 is 20.5 Å². The molecule has 4 atom stereocenters. The molecule has 0 radical (unpaired) electrons. The number of ketones is 2. The van der Waals surface area contributed by atoms with Crippen LogP contribution in [0.2, 0.25) is 0 Å². The molecule has 1 aliphatic heterocycles. The van der Waals surface area contributed by atoms with Gasteiger partial charge in [0.05, 0.1) is 24.6 Å². The zero-order valence-electron chi connectivity index (χ0n) is 21.2. The van der Waals surface area contributed by atoms with E-state index in [0.29, 0.717) is 0 Å². The number of nitrogens with one attached hydrogen (secondary N) is 1. The van der Waals surface area contributed by atoms with Gasteiger partial charge in [0.25, 0.3) is 11.8 Å². The van der Waals surface area contributed by atoms with E-state index in [4.69, 9.17) is 15.2 Å². The Morgan fingerprint density at radius 1 is 1.05 bits per heavy atom. The van der Waals surface area contributed by atoms with E-state index >= 15 is 0 Å². The number of hydrogen-bond donors (Lipinski definition) is 5. The number of amides is 2. The Morgan fingerprint density at radius 3 is 2.33 bits per heavy atom. The van der Waals surface area contributed by atoms with Crippen LogP contribution in [0.15, 0.2) is 59.4 Å². The van der Waals surface area contributed by atoms with E-state index in [-0.39, 0.29) is 28.2 Å². The van der Waals surface area contributed by atoms with Crippen LogP contribution in [0.3, 0.4) is 0 Å². The molecule has 2 amide bonds. The fourth-order valence-corrected chi connectivity index (χ4v) is 5.91. The summed E-state index contributed by atoms with van der Waals surface area (Å²) in [7, 11) is 1.38. The fraction of sp³-hybridized carbons (Fsp3) is 0.286. The fourth-order valence-electron chi connectivity index (χ4n) is 5.91. The lowest BCUT2D eigenvalue weighted by Crippen LogP contribution is -2.65. The molecule has 4 unspecified atom stereocenters. The number of rotatable bonds is 4. The first-order valence-corrected chi connectivity index (χ1v) is 12.1. The number of aliphatic hydroxyl groups excluding tert-OH is 2. The minimum Gasteiger partial charge on any atom is -0.511 e. The largest absolute Gasteiger partial charge is 0.511 e. The van der Waals surface area contributed by atoms with Gasteiger partial charge in [-0.3, -0.25) is 19.2 Å². The molecule has 2 aromatic carbocycles. The smallest absolute Gasteiger partial charge is 0.255 e. The Labute approximate surface area is 222 Å². The van der Waals surface area contributed by atoms with Gasteiger partial charge in [-0.2, -0.15) is 0 Å². The molecule has 39 heavy (non-hydrogen) atoms. The summed E-state index contributed by atoms with van der Waals surface area (Å²) in [5.74, 6) is -7.91. The summed E-state index contributed by atoms with van der Waals surface area (Å²) in [4.78, 5) is 52.9. The maximum Gasteiger partial charge on any atom is 0.255 e. The monoisotopic (exact) mass is 534 g/mol. The van der Waals surface area contributed by atoms with E-state index in [9.17, 15) is 34.5 Å². The van der Waals surface area contributed by atoms with Gasteiger partial charge in [-0.15, -0.1) is 0 Å². The molecule has 0 aromatic heterocycles. The van der Waals surface area contributed by atoms with Crippen molar-refractivity contribution in [3.05, 3.63) is 70.5 Å². The molecule has 2 aromatic rings. The van der Waals surface area contributed by atoms with Crippen LogP contribution in [0.5, 0.6) is 17.2 Å². The molecule has 11 nitrogen and oxygen atoms in total. The first kappa shape index (κ1) is 25.8. The third kappa shape index (κ3) is 3.72. The molecule has 1 heterocycles. The number of aromatic hydroxyl groups is 1. The molecule has 0 saturated heterocycles. The summed E-state index contributed by atoms with van der Waals surface area (Å²) in [5.41, 5.74) is 3.22.